The first kappa shape index (κ1) is 15.8. The number of hydrogen-bond acceptors (Lipinski definition) is 4. The minimum absolute atomic E-state index is 0.161. The zero-order valence-corrected chi connectivity index (χ0v) is 11.8. The van der Waals surface area contributed by atoms with E-state index in [0.29, 0.717) is 11.1 Å². The molecule has 0 saturated carbocycles. The second-order valence-corrected chi connectivity index (χ2v) is 4.34. The molecule has 0 aliphatic heterocycles. The Morgan fingerprint density at radius 1 is 1.14 bits per heavy atom. The van der Waals surface area contributed by atoms with Gasteiger partial charge in [-0.2, -0.15) is 13.2 Å². The fourth-order valence-corrected chi connectivity index (χ4v) is 1.90. The van der Waals surface area contributed by atoms with Crippen molar-refractivity contribution in [2.45, 2.75) is 6.18 Å². The van der Waals surface area contributed by atoms with Crippen LogP contribution < -0.4 is 4.74 Å². The Labute approximate surface area is 124 Å². The number of ether oxygens (including phenoxy) is 2. The van der Waals surface area contributed by atoms with Crippen molar-refractivity contribution in [1.82, 2.24) is 4.98 Å². The summed E-state index contributed by atoms with van der Waals surface area (Å²) in [6, 6.07) is 5.82. The maximum absolute atomic E-state index is 12.6. The van der Waals surface area contributed by atoms with E-state index < -0.39 is 17.7 Å². The molecule has 1 heterocycles. The lowest BCUT2D eigenvalue weighted by molar-refractivity contribution is -0.137. The van der Waals surface area contributed by atoms with E-state index in [1.165, 1.54) is 38.6 Å². The topological polar surface area (TPSA) is 48.4 Å². The van der Waals surface area contributed by atoms with Gasteiger partial charge in [0.2, 0.25) is 5.88 Å². The fraction of sp³-hybridized carbons (Fsp3) is 0.200. The van der Waals surface area contributed by atoms with Crippen LogP contribution in [0.25, 0.3) is 11.1 Å². The SMILES string of the molecule is COC(=O)c1cc(OC)ncc1-c1ccc(C(F)(F)F)cc1. The first-order chi connectivity index (χ1) is 10.4. The highest BCUT2D eigenvalue weighted by atomic mass is 19.4. The fourth-order valence-electron chi connectivity index (χ4n) is 1.90. The van der Waals surface area contributed by atoms with E-state index in [0.717, 1.165) is 12.1 Å². The second-order valence-electron chi connectivity index (χ2n) is 4.34. The van der Waals surface area contributed by atoms with E-state index in [1.54, 1.807) is 0 Å². The van der Waals surface area contributed by atoms with E-state index in [2.05, 4.69) is 9.72 Å². The molecule has 0 radical (unpaired) electrons. The van der Waals surface area contributed by atoms with Crippen LogP contribution in [0.3, 0.4) is 0 Å². The molecule has 1 aromatic carbocycles. The van der Waals surface area contributed by atoms with Crippen LogP contribution in [0, 0.1) is 0 Å². The van der Waals surface area contributed by atoms with E-state index >= 15 is 0 Å². The summed E-state index contributed by atoms with van der Waals surface area (Å²) >= 11 is 0. The summed E-state index contributed by atoms with van der Waals surface area (Å²) in [5.74, 6) is -0.424. The van der Waals surface area contributed by atoms with Crippen LogP contribution in [0.5, 0.6) is 5.88 Å². The van der Waals surface area contributed by atoms with Crippen LogP contribution in [0.15, 0.2) is 36.5 Å². The Balaban J connectivity index is 2.50. The molecule has 2 aromatic rings. The number of methoxy groups -OCH3 is 2. The molecule has 0 bridgehead atoms. The van der Waals surface area contributed by atoms with Gasteiger partial charge in [-0.3, -0.25) is 0 Å². The number of pyridine rings is 1. The van der Waals surface area contributed by atoms with Gasteiger partial charge in [0.05, 0.1) is 25.3 Å². The normalized spacial score (nSPS) is 11.1. The summed E-state index contributed by atoms with van der Waals surface area (Å²) < 4.78 is 47.3. The van der Waals surface area contributed by atoms with Gasteiger partial charge in [-0.15, -0.1) is 0 Å². The van der Waals surface area contributed by atoms with Gasteiger partial charge in [0.1, 0.15) is 0 Å². The van der Waals surface area contributed by atoms with Crippen molar-refractivity contribution in [3.05, 3.63) is 47.7 Å². The molecule has 0 saturated heterocycles. The zero-order chi connectivity index (χ0) is 16.3. The van der Waals surface area contributed by atoms with Crippen LogP contribution in [0.1, 0.15) is 15.9 Å². The molecular weight excluding hydrogens is 299 g/mol. The van der Waals surface area contributed by atoms with Crippen molar-refractivity contribution in [2.75, 3.05) is 14.2 Å². The Hall–Kier alpha value is -2.57. The van der Waals surface area contributed by atoms with Crippen LogP contribution in [-0.4, -0.2) is 25.2 Å². The third-order valence-electron chi connectivity index (χ3n) is 3.02. The predicted octanol–water partition coefficient (Wildman–Crippen LogP) is 3.56. The molecule has 0 atom stereocenters. The number of hydrogen-bond donors (Lipinski definition) is 0. The van der Waals surface area contributed by atoms with Crippen LogP contribution in [0.2, 0.25) is 0 Å². The maximum atomic E-state index is 12.6. The van der Waals surface area contributed by atoms with Gasteiger partial charge in [-0.1, -0.05) is 12.1 Å². The average Bonchev–Trinajstić information content (AvgIpc) is 2.52. The van der Waals surface area contributed by atoms with Crippen molar-refractivity contribution < 1.29 is 27.4 Å². The van der Waals surface area contributed by atoms with Gasteiger partial charge >= 0.3 is 12.1 Å². The van der Waals surface area contributed by atoms with Gasteiger partial charge in [-0.05, 0) is 17.7 Å². The monoisotopic (exact) mass is 311 g/mol. The molecule has 22 heavy (non-hydrogen) atoms. The number of rotatable bonds is 3. The highest BCUT2D eigenvalue weighted by Gasteiger charge is 2.30. The van der Waals surface area contributed by atoms with Crippen molar-refractivity contribution in [3.63, 3.8) is 0 Å². The minimum Gasteiger partial charge on any atom is -0.481 e. The molecule has 0 unspecified atom stereocenters. The Bertz CT molecular complexity index is 681. The molecular formula is C15H12F3NO3. The Morgan fingerprint density at radius 3 is 2.27 bits per heavy atom. The molecule has 2 rings (SSSR count). The van der Waals surface area contributed by atoms with E-state index in [-0.39, 0.29) is 11.4 Å². The molecule has 0 fully saturated rings. The number of aromatic nitrogens is 1. The number of esters is 1. The van der Waals surface area contributed by atoms with Gasteiger partial charge in [0.25, 0.3) is 0 Å². The van der Waals surface area contributed by atoms with Gasteiger partial charge in [-0.25, -0.2) is 9.78 Å². The van der Waals surface area contributed by atoms with E-state index in [4.69, 9.17) is 4.74 Å². The minimum atomic E-state index is -4.41. The first-order valence-electron chi connectivity index (χ1n) is 6.17. The van der Waals surface area contributed by atoms with Gasteiger partial charge in [0.15, 0.2) is 0 Å². The summed E-state index contributed by atoms with van der Waals surface area (Å²) in [4.78, 5) is 15.8. The molecule has 0 N–H and O–H groups in total. The number of benzene rings is 1. The van der Waals surface area contributed by atoms with Crippen molar-refractivity contribution >= 4 is 5.97 Å². The number of alkyl halides is 3. The van der Waals surface area contributed by atoms with E-state index in [9.17, 15) is 18.0 Å². The molecule has 1 aromatic heterocycles. The highest BCUT2D eigenvalue weighted by Crippen LogP contribution is 2.32. The smallest absolute Gasteiger partial charge is 0.416 e. The summed E-state index contributed by atoms with van der Waals surface area (Å²) in [6.45, 7) is 0. The average molecular weight is 311 g/mol. The Kier molecular flexibility index (Phi) is 4.35. The predicted molar refractivity (Wildman–Crippen MR) is 72.6 cm³/mol. The number of nitrogens with zero attached hydrogens (tertiary/aromatic N) is 1. The van der Waals surface area contributed by atoms with Crippen molar-refractivity contribution in [2.24, 2.45) is 0 Å². The first-order valence-corrected chi connectivity index (χ1v) is 6.17. The summed E-state index contributed by atoms with van der Waals surface area (Å²) in [6.07, 6.45) is -3.06. The molecule has 0 aliphatic carbocycles. The molecule has 116 valence electrons. The van der Waals surface area contributed by atoms with Gasteiger partial charge in [0, 0.05) is 17.8 Å². The lowest BCUT2D eigenvalue weighted by Gasteiger charge is -2.11. The quantitative estimate of drug-likeness (QED) is 0.813. The third-order valence-corrected chi connectivity index (χ3v) is 3.02. The Morgan fingerprint density at radius 2 is 1.77 bits per heavy atom. The molecule has 0 spiro atoms. The standard InChI is InChI=1S/C15H12F3NO3/c1-21-13-7-11(14(20)22-2)12(8-19-13)9-3-5-10(6-4-9)15(16,17)18/h3-8H,1-2H3. The largest absolute Gasteiger partial charge is 0.481 e. The number of carbonyl (C=O) groups excluding carboxylic acids is 1. The van der Waals surface area contributed by atoms with Crippen LogP contribution >= 0.6 is 0 Å². The van der Waals surface area contributed by atoms with Crippen LogP contribution in [-0.2, 0) is 10.9 Å². The summed E-state index contributed by atoms with van der Waals surface area (Å²) in [5.41, 5.74) is 0.177. The molecule has 7 heteroatoms. The zero-order valence-electron chi connectivity index (χ0n) is 11.8. The highest BCUT2D eigenvalue weighted by molar-refractivity contribution is 5.97. The lowest BCUT2D eigenvalue weighted by atomic mass is 10.0. The van der Waals surface area contributed by atoms with Crippen molar-refractivity contribution in [1.29, 1.82) is 0 Å². The van der Waals surface area contributed by atoms with Crippen LogP contribution in [0.4, 0.5) is 13.2 Å². The molecule has 0 amide bonds. The summed E-state index contributed by atoms with van der Waals surface area (Å²) in [7, 11) is 2.60. The second kappa shape index (κ2) is 6.05. The maximum Gasteiger partial charge on any atom is 0.416 e. The van der Waals surface area contributed by atoms with Gasteiger partial charge < -0.3 is 9.47 Å². The third kappa shape index (κ3) is 3.19. The number of carbonyl (C=O) groups is 1. The van der Waals surface area contributed by atoms with E-state index in [1.807, 2.05) is 0 Å². The lowest BCUT2D eigenvalue weighted by Crippen LogP contribution is -2.06. The molecule has 4 nitrogen and oxygen atoms in total. The summed E-state index contributed by atoms with van der Waals surface area (Å²) in [5, 5.41) is 0. The molecule has 0 aliphatic rings. The van der Waals surface area contributed by atoms with Crippen molar-refractivity contribution in [3.8, 4) is 17.0 Å². The number of halogens is 3.